The Kier molecular flexibility index (Phi) is 4.13. The quantitative estimate of drug-likeness (QED) is 0.778. The van der Waals surface area contributed by atoms with Crippen LogP contribution >= 0.6 is 0 Å². The number of ketones is 1. The van der Waals surface area contributed by atoms with E-state index in [1.54, 1.807) is 0 Å². The van der Waals surface area contributed by atoms with Crippen molar-refractivity contribution >= 4 is 11.5 Å². The van der Waals surface area contributed by atoms with Gasteiger partial charge in [-0.05, 0) is 25.2 Å². The average molecular weight is 272 g/mol. The Hall–Kier alpha value is -1.43. The maximum Gasteiger partial charge on any atom is 0.161 e. The maximum atomic E-state index is 12.5. The molecule has 2 aliphatic rings. The number of carbonyl (C=O) groups excluding carboxylic acids is 1. The summed E-state index contributed by atoms with van der Waals surface area (Å²) in [4.78, 5) is 17.2. The molecule has 2 rings (SSSR count). The molecule has 0 saturated heterocycles. The second-order valence-electron chi connectivity index (χ2n) is 6.91. The molecule has 0 aromatic heterocycles. The lowest BCUT2D eigenvalue weighted by Crippen LogP contribution is -2.36. The monoisotopic (exact) mass is 272 g/mol. The predicted molar refractivity (Wildman–Crippen MR) is 80.3 cm³/mol. The Morgan fingerprint density at radius 2 is 2.10 bits per heavy atom. The molecule has 0 N–H and O–H groups in total. The summed E-state index contributed by atoms with van der Waals surface area (Å²) < 4.78 is 0. The minimum atomic E-state index is -0.217. The summed E-state index contributed by atoms with van der Waals surface area (Å²) in [6.45, 7) is 8.32. The molecule has 108 valence electrons. The molecule has 0 amide bonds. The van der Waals surface area contributed by atoms with E-state index >= 15 is 0 Å². The zero-order chi connectivity index (χ0) is 14.9. The smallest absolute Gasteiger partial charge is 0.161 e. The molecule has 2 unspecified atom stereocenters. The highest BCUT2D eigenvalue weighted by Crippen LogP contribution is 2.45. The first kappa shape index (κ1) is 15.0. The summed E-state index contributed by atoms with van der Waals surface area (Å²) in [7, 11) is 0. The Bertz CT molecular complexity index is 520. The van der Waals surface area contributed by atoms with Gasteiger partial charge < -0.3 is 0 Å². The predicted octanol–water partition coefficient (Wildman–Crippen LogP) is 4.05. The van der Waals surface area contributed by atoms with Crippen LogP contribution in [0.15, 0.2) is 16.3 Å². The van der Waals surface area contributed by atoms with E-state index < -0.39 is 0 Å². The van der Waals surface area contributed by atoms with E-state index in [0.29, 0.717) is 6.42 Å². The first-order chi connectivity index (χ1) is 9.39. The maximum absolute atomic E-state index is 12.5. The third kappa shape index (κ3) is 2.70. The van der Waals surface area contributed by atoms with Crippen LogP contribution in [0.2, 0.25) is 0 Å². The fraction of sp³-hybridized carbons (Fsp3) is 0.706. The molecular weight excluding hydrogens is 248 g/mol. The van der Waals surface area contributed by atoms with Crippen LogP contribution in [0, 0.1) is 28.6 Å². The molecule has 3 heteroatoms. The second-order valence-corrected chi connectivity index (χ2v) is 6.91. The lowest BCUT2D eigenvalue weighted by molar-refractivity contribution is -0.118. The van der Waals surface area contributed by atoms with Crippen molar-refractivity contribution in [1.82, 2.24) is 0 Å². The first-order valence-electron chi connectivity index (χ1n) is 7.60. The van der Waals surface area contributed by atoms with E-state index in [9.17, 15) is 10.1 Å². The Labute approximate surface area is 121 Å². The molecule has 0 bridgehead atoms. The number of nitrogens with zero attached hydrogens (tertiary/aromatic N) is 2. The molecule has 2 atom stereocenters. The molecule has 0 aromatic rings. The molecule has 0 aromatic carbocycles. The van der Waals surface area contributed by atoms with E-state index in [0.717, 1.165) is 42.7 Å². The second kappa shape index (κ2) is 5.52. The van der Waals surface area contributed by atoms with E-state index in [1.165, 1.54) is 0 Å². The number of carbonyl (C=O) groups is 1. The van der Waals surface area contributed by atoms with Crippen molar-refractivity contribution < 1.29 is 4.79 Å². The number of rotatable bonds is 3. The Balaban J connectivity index is 2.43. The van der Waals surface area contributed by atoms with E-state index in [4.69, 9.17) is 0 Å². The summed E-state index contributed by atoms with van der Waals surface area (Å²) in [5.41, 5.74) is 2.71. The van der Waals surface area contributed by atoms with Crippen LogP contribution in [0.5, 0.6) is 0 Å². The van der Waals surface area contributed by atoms with Crippen LogP contribution in [0.4, 0.5) is 0 Å². The zero-order valence-electron chi connectivity index (χ0n) is 13.0. The van der Waals surface area contributed by atoms with Crippen LogP contribution in [0.1, 0.15) is 59.8 Å². The van der Waals surface area contributed by atoms with E-state index in [1.807, 2.05) is 6.92 Å². The van der Waals surface area contributed by atoms with Crippen molar-refractivity contribution in [3.8, 4) is 6.07 Å². The van der Waals surface area contributed by atoms with Gasteiger partial charge in [0.15, 0.2) is 5.78 Å². The fourth-order valence-electron chi connectivity index (χ4n) is 3.48. The Morgan fingerprint density at radius 1 is 1.40 bits per heavy atom. The number of nitriles is 1. The van der Waals surface area contributed by atoms with Gasteiger partial charge in [0, 0.05) is 29.3 Å². The molecule has 0 saturated carbocycles. The number of aliphatic imine (C=N–C) groups is 1. The van der Waals surface area contributed by atoms with Gasteiger partial charge in [0.05, 0.1) is 12.0 Å². The van der Waals surface area contributed by atoms with Crippen LogP contribution in [-0.2, 0) is 4.79 Å². The summed E-state index contributed by atoms with van der Waals surface area (Å²) in [5.74, 6) is 0.0652. The zero-order valence-corrected chi connectivity index (χ0v) is 13.0. The van der Waals surface area contributed by atoms with Crippen LogP contribution in [0.25, 0.3) is 0 Å². The van der Waals surface area contributed by atoms with Gasteiger partial charge in [0.25, 0.3) is 0 Å². The van der Waals surface area contributed by atoms with Gasteiger partial charge in [-0.1, -0.05) is 33.6 Å². The normalized spacial score (nSPS) is 28.8. The van der Waals surface area contributed by atoms with Crippen molar-refractivity contribution in [3.05, 3.63) is 11.3 Å². The molecular formula is C17H24N2O. The van der Waals surface area contributed by atoms with Gasteiger partial charge in [0.1, 0.15) is 0 Å². The van der Waals surface area contributed by atoms with Gasteiger partial charge in [-0.25, -0.2) is 0 Å². The molecule has 3 nitrogen and oxygen atoms in total. The summed E-state index contributed by atoms with van der Waals surface area (Å²) in [5, 5.41) is 9.45. The molecule has 20 heavy (non-hydrogen) atoms. The lowest BCUT2D eigenvalue weighted by atomic mass is 9.68. The van der Waals surface area contributed by atoms with Crippen molar-refractivity contribution in [1.29, 1.82) is 5.26 Å². The SMILES string of the molecule is CCCCC1C2=C(CC(C)(C)CC2=O)N=C(C)C1C#N. The van der Waals surface area contributed by atoms with Gasteiger partial charge >= 0.3 is 0 Å². The van der Waals surface area contributed by atoms with Crippen molar-refractivity contribution in [2.24, 2.45) is 22.2 Å². The highest BCUT2D eigenvalue weighted by Gasteiger charge is 2.41. The molecule has 1 aliphatic heterocycles. The number of allylic oxidation sites excluding steroid dienone is 2. The Morgan fingerprint density at radius 3 is 2.70 bits per heavy atom. The number of unbranched alkanes of at least 4 members (excludes halogenated alkanes) is 1. The van der Waals surface area contributed by atoms with Crippen LogP contribution in [-0.4, -0.2) is 11.5 Å². The van der Waals surface area contributed by atoms with E-state index in [2.05, 4.69) is 31.8 Å². The van der Waals surface area contributed by atoms with Gasteiger partial charge in [-0.2, -0.15) is 5.26 Å². The summed E-state index contributed by atoms with van der Waals surface area (Å²) in [6, 6.07) is 2.37. The highest BCUT2D eigenvalue weighted by molar-refractivity contribution is 6.02. The average Bonchev–Trinajstić information content (AvgIpc) is 2.33. The molecule has 1 heterocycles. The molecule has 0 fully saturated rings. The summed E-state index contributed by atoms with van der Waals surface area (Å²) >= 11 is 0. The van der Waals surface area contributed by atoms with Crippen LogP contribution < -0.4 is 0 Å². The van der Waals surface area contributed by atoms with Crippen molar-refractivity contribution in [2.75, 3.05) is 0 Å². The lowest BCUT2D eigenvalue weighted by Gasteiger charge is -2.37. The number of Topliss-reactive ketones (excluding diaryl/α,β-unsaturated/α-hetero) is 1. The van der Waals surface area contributed by atoms with E-state index in [-0.39, 0.29) is 23.0 Å². The highest BCUT2D eigenvalue weighted by atomic mass is 16.1. The largest absolute Gasteiger partial charge is 0.294 e. The third-order valence-corrected chi connectivity index (χ3v) is 4.44. The first-order valence-corrected chi connectivity index (χ1v) is 7.60. The van der Waals surface area contributed by atoms with Crippen molar-refractivity contribution in [3.63, 3.8) is 0 Å². The number of hydrogen-bond donors (Lipinski definition) is 0. The van der Waals surface area contributed by atoms with Gasteiger partial charge in [0.2, 0.25) is 0 Å². The topological polar surface area (TPSA) is 53.2 Å². The third-order valence-electron chi connectivity index (χ3n) is 4.44. The standard InChI is InChI=1S/C17H24N2O/c1-5-6-7-12-13(10-18)11(2)19-14-8-17(3,4)9-15(20)16(12)14/h12-13H,5-9H2,1-4H3. The van der Waals surface area contributed by atoms with Crippen molar-refractivity contribution in [2.45, 2.75) is 59.8 Å². The molecule has 0 radical (unpaired) electrons. The summed E-state index contributed by atoms with van der Waals surface area (Å²) in [6.07, 6.45) is 4.51. The number of hydrogen-bond acceptors (Lipinski definition) is 3. The minimum absolute atomic E-state index is 0.00547. The minimum Gasteiger partial charge on any atom is -0.294 e. The van der Waals surface area contributed by atoms with Crippen LogP contribution in [0.3, 0.4) is 0 Å². The molecule has 0 spiro atoms. The fourth-order valence-corrected chi connectivity index (χ4v) is 3.48. The van der Waals surface area contributed by atoms with Gasteiger partial charge in [-0.3, -0.25) is 9.79 Å². The molecule has 1 aliphatic carbocycles. The van der Waals surface area contributed by atoms with Gasteiger partial charge in [-0.15, -0.1) is 0 Å².